The molecular formula is C8H16ClNO2. The summed E-state index contributed by atoms with van der Waals surface area (Å²) >= 11 is 0. The lowest BCUT2D eigenvalue weighted by atomic mass is 9.93. The van der Waals surface area contributed by atoms with Crippen molar-refractivity contribution in [1.29, 1.82) is 0 Å². The van der Waals surface area contributed by atoms with Crippen LogP contribution in [0.4, 0.5) is 0 Å². The molecule has 0 atom stereocenters. The van der Waals surface area contributed by atoms with E-state index >= 15 is 0 Å². The fraction of sp³-hybridized carbons (Fsp3) is 0.875. The van der Waals surface area contributed by atoms with E-state index in [9.17, 15) is 4.79 Å². The van der Waals surface area contributed by atoms with Gasteiger partial charge in [-0.1, -0.05) is 0 Å². The third-order valence-electron chi connectivity index (χ3n) is 2.18. The summed E-state index contributed by atoms with van der Waals surface area (Å²) < 4.78 is 0. The van der Waals surface area contributed by atoms with Crippen LogP contribution in [-0.2, 0) is 4.79 Å². The maximum absolute atomic E-state index is 10.4. The Bertz CT molecular complexity index is 170. The average Bonchev–Trinajstić information content (AvgIpc) is 1.51. The van der Waals surface area contributed by atoms with E-state index in [4.69, 9.17) is 5.11 Å². The number of hydrogen-bond donors (Lipinski definition) is 1. The summed E-state index contributed by atoms with van der Waals surface area (Å²) in [5, 5.41) is 8.59. The monoisotopic (exact) mass is 193 g/mol. The van der Waals surface area contributed by atoms with Crippen LogP contribution in [0.25, 0.3) is 0 Å². The quantitative estimate of drug-likeness (QED) is 0.681. The number of halogens is 1. The van der Waals surface area contributed by atoms with Crippen LogP contribution < -0.4 is 0 Å². The molecule has 0 unspecified atom stereocenters. The van der Waals surface area contributed by atoms with Gasteiger partial charge >= 0.3 is 5.97 Å². The maximum Gasteiger partial charge on any atom is 0.309 e. The fourth-order valence-electron chi connectivity index (χ4n) is 1.18. The van der Waals surface area contributed by atoms with Crippen molar-refractivity contribution in [3.63, 3.8) is 0 Å². The molecule has 0 aliphatic carbocycles. The van der Waals surface area contributed by atoms with Gasteiger partial charge in [-0.2, -0.15) is 0 Å². The minimum absolute atomic E-state index is 0. The number of likely N-dealkylation sites (tertiary alicyclic amines) is 1. The van der Waals surface area contributed by atoms with E-state index in [1.807, 2.05) is 0 Å². The Hall–Kier alpha value is -0.280. The Morgan fingerprint density at radius 1 is 1.42 bits per heavy atom. The van der Waals surface area contributed by atoms with Crippen molar-refractivity contribution >= 4 is 18.4 Å². The molecule has 3 nitrogen and oxygen atoms in total. The molecule has 1 aliphatic rings. The first-order valence-electron chi connectivity index (χ1n) is 3.89. The molecule has 72 valence electrons. The van der Waals surface area contributed by atoms with Crippen molar-refractivity contribution in [2.75, 3.05) is 13.1 Å². The molecule has 0 aromatic rings. The second-order valence-corrected chi connectivity index (χ2v) is 4.11. The van der Waals surface area contributed by atoms with Gasteiger partial charge in [-0.3, -0.25) is 9.69 Å². The third kappa shape index (κ3) is 2.35. The highest BCUT2D eigenvalue weighted by atomic mass is 35.5. The van der Waals surface area contributed by atoms with Crippen LogP contribution in [-0.4, -0.2) is 34.6 Å². The summed E-state index contributed by atoms with van der Waals surface area (Å²) in [4.78, 5) is 12.6. The van der Waals surface area contributed by atoms with Gasteiger partial charge in [-0.05, 0) is 20.8 Å². The molecule has 0 radical (unpaired) electrons. The van der Waals surface area contributed by atoms with Gasteiger partial charge in [-0.25, -0.2) is 0 Å². The Morgan fingerprint density at radius 3 is 2.08 bits per heavy atom. The molecule has 0 aromatic carbocycles. The zero-order valence-electron chi connectivity index (χ0n) is 7.70. The van der Waals surface area contributed by atoms with E-state index in [2.05, 4.69) is 25.7 Å². The van der Waals surface area contributed by atoms with Crippen LogP contribution in [0.1, 0.15) is 20.8 Å². The minimum Gasteiger partial charge on any atom is -0.481 e. The topological polar surface area (TPSA) is 40.5 Å². The zero-order chi connectivity index (χ0) is 8.65. The van der Waals surface area contributed by atoms with E-state index in [-0.39, 0.29) is 23.9 Å². The summed E-state index contributed by atoms with van der Waals surface area (Å²) in [6.07, 6.45) is 0. The van der Waals surface area contributed by atoms with Crippen LogP contribution in [0, 0.1) is 5.92 Å². The number of hydrogen-bond acceptors (Lipinski definition) is 2. The molecule has 0 bridgehead atoms. The predicted octanol–water partition coefficient (Wildman–Crippen LogP) is 1.22. The van der Waals surface area contributed by atoms with E-state index in [0.717, 1.165) is 0 Å². The highest BCUT2D eigenvalue weighted by molar-refractivity contribution is 5.85. The highest BCUT2D eigenvalue weighted by Crippen LogP contribution is 2.24. The molecule has 1 heterocycles. The average molecular weight is 194 g/mol. The van der Waals surface area contributed by atoms with Crippen LogP contribution in [0.15, 0.2) is 0 Å². The smallest absolute Gasteiger partial charge is 0.309 e. The van der Waals surface area contributed by atoms with Gasteiger partial charge < -0.3 is 5.11 Å². The molecule has 1 N–H and O–H groups in total. The van der Waals surface area contributed by atoms with Gasteiger partial charge in [0.25, 0.3) is 0 Å². The molecule has 0 saturated carbocycles. The van der Waals surface area contributed by atoms with Crippen LogP contribution in [0.2, 0.25) is 0 Å². The Balaban J connectivity index is 0.00000121. The summed E-state index contributed by atoms with van der Waals surface area (Å²) in [5.74, 6) is -0.792. The summed E-state index contributed by atoms with van der Waals surface area (Å²) in [6, 6.07) is 0. The lowest BCUT2D eigenvalue weighted by Gasteiger charge is -2.45. The first-order valence-corrected chi connectivity index (χ1v) is 3.89. The highest BCUT2D eigenvalue weighted by Gasteiger charge is 2.38. The van der Waals surface area contributed by atoms with Crippen molar-refractivity contribution in [1.82, 2.24) is 4.90 Å². The van der Waals surface area contributed by atoms with Crippen LogP contribution >= 0.6 is 12.4 Å². The Morgan fingerprint density at radius 2 is 1.83 bits per heavy atom. The fourth-order valence-corrected chi connectivity index (χ4v) is 1.18. The maximum atomic E-state index is 10.4. The zero-order valence-corrected chi connectivity index (χ0v) is 8.52. The van der Waals surface area contributed by atoms with Crippen molar-refractivity contribution in [3.8, 4) is 0 Å². The summed E-state index contributed by atoms with van der Waals surface area (Å²) in [6.45, 7) is 7.72. The predicted molar refractivity (Wildman–Crippen MR) is 49.7 cm³/mol. The summed E-state index contributed by atoms with van der Waals surface area (Å²) in [7, 11) is 0. The largest absolute Gasteiger partial charge is 0.481 e. The third-order valence-corrected chi connectivity index (χ3v) is 2.18. The van der Waals surface area contributed by atoms with E-state index in [0.29, 0.717) is 13.1 Å². The molecule has 1 saturated heterocycles. The lowest BCUT2D eigenvalue weighted by molar-refractivity contribution is -0.150. The van der Waals surface area contributed by atoms with Gasteiger partial charge in [0.1, 0.15) is 0 Å². The van der Waals surface area contributed by atoms with E-state index in [1.54, 1.807) is 0 Å². The van der Waals surface area contributed by atoms with Crippen molar-refractivity contribution in [2.24, 2.45) is 5.92 Å². The van der Waals surface area contributed by atoms with Gasteiger partial charge in [0, 0.05) is 18.6 Å². The van der Waals surface area contributed by atoms with Crippen molar-refractivity contribution in [3.05, 3.63) is 0 Å². The number of carbonyl (C=O) groups is 1. The number of carboxylic acids is 1. The van der Waals surface area contributed by atoms with Gasteiger partial charge in [0.15, 0.2) is 0 Å². The van der Waals surface area contributed by atoms with Crippen molar-refractivity contribution in [2.45, 2.75) is 26.3 Å². The first-order chi connectivity index (χ1) is 4.91. The van der Waals surface area contributed by atoms with E-state index < -0.39 is 5.97 Å². The number of carboxylic acid groups (broad SMARTS) is 1. The molecule has 12 heavy (non-hydrogen) atoms. The normalized spacial score (nSPS) is 19.6. The second kappa shape index (κ2) is 3.62. The molecule has 0 aromatic heterocycles. The van der Waals surface area contributed by atoms with Crippen LogP contribution in [0.3, 0.4) is 0 Å². The molecule has 0 amide bonds. The molecule has 1 fully saturated rings. The van der Waals surface area contributed by atoms with Crippen molar-refractivity contribution < 1.29 is 9.90 Å². The number of rotatable bonds is 1. The van der Waals surface area contributed by atoms with Gasteiger partial charge in [0.05, 0.1) is 5.92 Å². The minimum atomic E-state index is -0.662. The van der Waals surface area contributed by atoms with E-state index in [1.165, 1.54) is 0 Å². The van der Waals surface area contributed by atoms with Crippen LogP contribution in [0.5, 0.6) is 0 Å². The Kier molecular flexibility index (Phi) is 3.54. The number of nitrogens with zero attached hydrogens (tertiary/aromatic N) is 1. The molecule has 0 spiro atoms. The molecule has 1 aliphatic heterocycles. The standard InChI is InChI=1S/C8H15NO2.ClH/c1-8(2,3)9-4-6(5-9)7(10)11;/h6H,4-5H2,1-3H3,(H,10,11);1H. The first kappa shape index (κ1) is 11.7. The van der Waals surface area contributed by atoms with Gasteiger partial charge in [0.2, 0.25) is 0 Å². The molecule has 4 heteroatoms. The lowest BCUT2D eigenvalue weighted by Crippen LogP contribution is -2.58. The number of aliphatic carboxylic acids is 1. The molecule has 1 rings (SSSR count). The molecular weight excluding hydrogens is 178 g/mol. The second-order valence-electron chi connectivity index (χ2n) is 4.11. The SMILES string of the molecule is CC(C)(C)N1CC(C(=O)O)C1.Cl. The van der Waals surface area contributed by atoms with Gasteiger partial charge in [-0.15, -0.1) is 12.4 Å². The summed E-state index contributed by atoms with van der Waals surface area (Å²) in [5.41, 5.74) is 0.131. The Labute approximate surface area is 79.2 Å².